The van der Waals surface area contributed by atoms with Crippen molar-refractivity contribution in [2.75, 3.05) is 11.5 Å². The van der Waals surface area contributed by atoms with E-state index in [0.29, 0.717) is 0 Å². The minimum atomic E-state index is 0.940. The van der Waals surface area contributed by atoms with Gasteiger partial charge in [0.05, 0.1) is 4.58 Å². The summed E-state index contributed by atoms with van der Waals surface area (Å²) in [4.78, 5) is 0. The second-order valence-electron chi connectivity index (χ2n) is 3.02. The van der Waals surface area contributed by atoms with E-state index in [1.165, 1.54) is 43.6 Å². The van der Waals surface area contributed by atoms with Crippen molar-refractivity contribution in [1.29, 1.82) is 0 Å². The second kappa shape index (κ2) is 6.24. The average Bonchev–Trinajstić information content (AvgIpc) is 2.07. The number of hydrogen-bond acceptors (Lipinski definition) is 2. The van der Waals surface area contributed by atoms with Crippen molar-refractivity contribution in [3.05, 3.63) is 0 Å². The van der Waals surface area contributed by atoms with E-state index in [-0.39, 0.29) is 0 Å². The Morgan fingerprint density at radius 3 is 2.55 bits per heavy atom. The van der Waals surface area contributed by atoms with Gasteiger partial charge in [-0.25, -0.2) is 0 Å². The van der Waals surface area contributed by atoms with E-state index >= 15 is 0 Å². The summed E-state index contributed by atoms with van der Waals surface area (Å²) in [5.41, 5.74) is 0. The molecule has 11 heavy (non-hydrogen) atoms. The van der Waals surface area contributed by atoms with Gasteiger partial charge in [-0.15, -0.1) is 23.5 Å². The number of thioether (sulfide) groups is 2. The molecule has 0 bridgehead atoms. The molecule has 0 spiro atoms. The zero-order chi connectivity index (χ0) is 7.94. The minimum absolute atomic E-state index is 0.940. The summed E-state index contributed by atoms with van der Waals surface area (Å²) in [6.45, 7) is 2.28. The first-order chi connectivity index (χ1) is 5.43. The zero-order valence-electron chi connectivity index (χ0n) is 7.34. The van der Waals surface area contributed by atoms with Crippen molar-refractivity contribution in [1.82, 2.24) is 0 Å². The first-order valence-electron chi connectivity index (χ1n) is 4.66. The van der Waals surface area contributed by atoms with Gasteiger partial charge in [0.1, 0.15) is 0 Å². The van der Waals surface area contributed by atoms with Gasteiger partial charge in [-0.1, -0.05) is 26.2 Å². The Morgan fingerprint density at radius 1 is 1.18 bits per heavy atom. The van der Waals surface area contributed by atoms with Crippen LogP contribution in [0, 0.1) is 0 Å². The van der Waals surface area contributed by atoms with Gasteiger partial charge < -0.3 is 0 Å². The first-order valence-corrected chi connectivity index (χ1v) is 6.76. The molecule has 1 heterocycles. The SMILES string of the molecule is CCCCCC1SCCCS1. The molecule has 0 aliphatic carbocycles. The number of rotatable bonds is 4. The van der Waals surface area contributed by atoms with E-state index in [1.807, 2.05) is 0 Å². The van der Waals surface area contributed by atoms with Gasteiger partial charge in [-0.3, -0.25) is 0 Å². The summed E-state index contributed by atoms with van der Waals surface area (Å²) >= 11 is 4.35. The summed E-state index contributed by atoms with van der Waals surface area (Å²) in [5, 5.41) is 0. The monoisotopic (exact) mass is 190 g/mol. The fourth-order valence-electron chi connectivity index (χ4n) is 1.26. The highest BCUT2D eigenvalue weighted by molar-refractivity contribution is 8.17. The Morgan fingerprint density at radius 2 is 1.91 bits per heavy atom. The number of hydrogen-bond donors (Lipinski definition) is 0. The Labute approximate surface area is 78.9 Å². The molecule has 0 aromatic heterocycles. The maximum absolute atomic E-state index is 2.28. The van der Waals surface area contributed by atoms with Crippen molar-refractivity contribution in [3.63, 3.8) is 0 Å². The molecule has 66 valence electrons. The largest absolute Gasteiger partial charge is 0.148 e. The van der Waals surface area contributed by atoms with Crippen LogP contribution >= 0.6 is 23.5 Å². The molecule has 0 atom stereocenters. The highest BCUT2D eigenvalue weighted by Gasteiger charge is 2.12. The molecular formula is C9H18S2. The van der Waals surface area contributed by atoms with Crippen LogP contribution in [-0.4, -0.2) is 16.1 Å². The lowest BCUT2D eigenvalue weighted by Gasteiger charge is -2.20. The van der Waals surface area contributed by atoms with E-state index in [0.717, 1.165) is 4.58 Å². The highest BCUT2D eigenvalue weighted by Crippen LogP contribution is 2.33. The second-order valence-corrected chi connectivity index (χ2v) is 5.94. The van der Waals surface area contributed by atoms with Crippen LogP contribution in [0.2, 0.25) is 0 Å². The molecule has 0 unspecified atom stereocenters. The molecule has 1 saturated heterocycles. The van der Waals surface area contributed by atoms with Gasteiger partial charge in [-0.2, -0.15) is 0 Å². The molecular weight excluding hydrogens is 172 g/mol. The average molecular weight is 190 g/mol. The quantitative estimate of drug-likeness (QED) is 0.619. The predicted molar refractivity (Wildman–Crippen MR) is 57.5 cm³/mol. The summed E-state index contributed by atoms with van der Waals surface area (Å²) in [6.07, 6.45) is 7.11. The maximum atomic E-state index is 2.28. The maximum Gasteiger partial charge on any atom is 0.0502 e. The van der Waals surface area contributed by atoms with E-state index in [1.54, 1.807) is 0 Å². The Balaban J connectivity index is 1.96. The van der Waals surface area contributed by atoms with Gasteiger partial charge in [-0.05, 0) is 24.3 Å². The molecule has 0 N–H and O–H groups in total. The molecule has 0 aromatic carbocycles. The predicted octanol–water partition coefficient (Wildman–Crippen LogP) is 3.76. The fourth-order valence-corrected chi connectivity index (χ4v) is 4.22. The van der Waals surface area contributed by atoms with Crippen molar-refractivity contribution in [3.8, 4) is 0 Å². The van der Waals surface area contributed by atoms with Crippen molar-refractivity contribution >= 4 is 23.5 Å². The van der Waals surface area contributed by atoms with Gasteiger partial charge >= 0.3 is 0 Å². The van der Waals surface area contributed by atoms with Crippen LogP contribution in [0.1, 0.15) is 39.0 Å². The normalized spacial score (nSPS) is 20.5. The lowest BCUT2D eigenvalue weighted by molar-refractivity contribution is 0.695. The van der Waals surface area contributed by atoms with E-state index < -0.39 is 0 Å². The highest BCUT2D eigenvalue weighted by atomic mass is 32.2. The molecule has 0 nitrogen and oxygen atoms in total. The summed E-state index contributed by atoms with van der Waals surface area (Å²) in [6, 6.07) is 0. The molecule has 0 saturated carbocycles. The van der Waals surface area contributed by atoms with Gasteiger partial charge in [0.15, 0.2) is 0 Å². The molecule has 1 rings (SSSR count). The Bertz CT molecular complexity index is 87.6. The third-order valence-corrected chi connectivity index (χ3v) is 5.02. The zero-order valence-corrected chi connectivity index (χ0v) is 8.98. The third-order valence-electron chi connectivity index (χ3n) is 1.94. The summed E-state index contributed by atoms with van der Waals surface area (Å²) in [5.74, 6) is 2.81. The van der Waals surface area contributed by atoms with Gasteiger partial charge in [0, 0.05) is 0 Å². The first kappa shape index (κ1) is 9.79. The van der Waals surface area contributed by atoms with Crippen LogP contribution in [0.5, 0.6) is 0 Å². The molecule has 0 amide bonds. The van der Waals surface area contributed by atoms with Gasteiger partial charge in [0.2, 0.25) is 0 Å². The van der Waals surface area contributed by atoms with Gasteiger partial charge in [0.25, 0.3) is 0 Å². The van der Waals surface area contributed by atoms with Crippen LogP contribution in [0.15, 0.2) is 0 Å². The van der Waals surface area contributed by atoms with Crippen LogP contribution in [0.25, 0.3) is 0 Å². The van der Waals surface area contributed by atoms with E-state index in [2.05, 4.69) is 30.4 Å². The standard InChI is InChI=1S/C9H18S2/c1-2-3-4-6-9-10-7-5-8-11-9/h9H,2-8H2,1H3. The van der Waals surface area contributed by atoms with Crippen LogP contribution in [-0.2, 0) is 0 Å². The molecule has 0 radical (unpaired) electrons. The topological polar surface area (TPSA) is 0 Å². The molecule has 1 aliphatic heterocycles. The molecule has 0 aromatic rings. The van der Waals surface area contributed by atoms with Crippen LogP contribution in [0.4, 0.5) is 0 Å². The third kappa shape index (κ3) is 4.32. The van der Waals surface area contributed by atoms with Crippen molar-refractivity contribution < 1.29 is 0 Å². The lowest BCUT2D eigenvalue weighted by atomic mass is 10.2. The van der Waals surface area contributed by atoms with E-state index in [4.69, 9.17) is 0 Å². The van der Waals surface area contributed by atoms with E-state index in [9.17, 15) is 0 Å². The Hall–Kier alpha value is 0.700. The van der Waals surface area contributed by atoms with Crippen molar-refractivity contribution in [2.24, 2.45) is 0 Å². The molecule has 1 aliphatic rings. The minimum Gasteiger partial charge on any atom is -0.148 e. The lowest BCUT2D eigenvalue weighted by Crippen LogP contribution is -2.06. The number of unbranched alkanes of at least 4 members (excludes halogenated alkanes) is 2. The van der Waals surface area contributed by atoms with Crippen LogP contribution in [0.3, 0.4) is 0 Å². The summed E-state index contributed by atoms with van der Waals surface area (Å²) < 4.78 is 0.940. The molecule has 1 fully saturated rings. The molecule has 2 heteroatoms. The summed E-state index contributed by atoms with van der Waals surface area (Å²) in [7, 11) is 0. The fraction of sp³-hybridized carbons (Fsp3) is 1.00. The smallest absolute Gasteiger partial charge is 0.0502 e. The van der Waals surface area contributed by atoms with Crippen LogP contribution < -0.4 is 0 Å². The Kier molecular flexibility index (Phi) is 5.55. The van der Waals surface area contributed by atoms with Crippen molar-refractivity contribution in [2.45, 2.75) is 43.6 Å².